The maximum atomic E-state index is 13.0. The zero-order chi connectivity index (χ0) is 10.6. The topological polar surface area (TPSA) is 98.0 Å². The predicted molar refractivity (Wildman–Crippen MR) is 49.0 cm³/mol. The van der Waals surface area contributed by atoms with Crippen LogP contribution < -0.4 is 0 Å². The van der Waals surface area contributed by atoms with Crippen molar-refractivity contribution in [3.63, 3.8) is 0 Å². The number of rotatable bonds is 5. The van der Waals surface area contributed by atoms with E-state index in [0.29, 0.717) is 0 Å². The van der Waals surface area contributed by atoms with Crippen LogP contribution in [0.25, 0.3) is 0 Å². The second kappa shape index (κ2) is 5.15. The van der Waals surface area contributed by atoms with Gasteiger partial charge in [0.2, 0.25) is 3.68 Å². The highest BCUT2D eigenvalue weighted by molar-refractivity contribution is 14.1. The van der Waals surface area contributed by atoms with Crippen LogP contribution in [0.2, 0.25) is 0 Å². The minimum absolute atomic E-state index is 0.189. The van der Waals surface area contributed by atoms with Crippen LogP contribution in [0.5, 0.6) is 0 Å². The van der Waals surface area contributed by atoms with E-state index < -0.39 is 28.6 Å². The molecule has 0 spiro atoms. The summed E-state index contributed by atoms with van der Waals surface area (Å²) in [6.45, 7) is -0.830. The second-order valence-corrected chi connectivity index (χ2v) is 4.13. The molecule has 0 saturated carbocycles. The fraction of sp³-hybridized carbons (Fsp3) is 0.833. The van der Waals surface area contributed by atoms with Gasteiger partial charge in [-0.2, -0.15) is 0 Å². The third-order valence-corrected chi connectivity index (χ3v) is 2.35. The molecule has 4 atom stereocenters. The average Bonchev–Trinajstić information content (AvgIpc) is 2.14. The zero-order valence-corrected chi connectivity index (χ0v) is 8.63. The summed E-state index contributed by atoms with van der Waals surface area (Å²) in [5, 5.41) is 35.2. The molecule has 78 valence electrons. The fourth-order valence-corrected chi connectivity index (χ4v) is 0.984. The highest BCUT2D eigenvalue weighted by atomic mass is 127. The molecule has 0 aliphatic heterocycles. The maximum absolute atomic E-state index is 13.0. The summed E-state index contributed by atoms with van der Waals surface area (Å²) >= 11 is 0.993. The van der Waals surface area contributed by atoms with Gasteiger partial charge in [0.15, 0.2) is 6.29 Å². The Bertz CT molecular complexity index is 176. The minimum Gasteiger partial charge on any atom is -0.394 e. The summed E-state index contributed by atoms with van der Waals surface area (Å²) in [4.78, 5) is 10.1. The van der Waals surface area contributed by atoms with E-state index in [0.717, 1.165) is 22.6 Å². The van der Waals surface area contributed by atoms with E-state index in [1.54, 1.807) is 0 Å². The Morgan fingerprint density at radius 3 is 2.23 bits per heavy atom. The number of carbonyl (C=O) groups is 1. The van der Waals surface area contributed by atoms with E-state index in [-0.39, 0.29) is 6.29 Å². The third-order valence-electron chi connectivity index (χ3n) is 1.46. The van der Waals surface area contributed by atoms with Crippen molar-refractivity contribution in [1.82, 2.24) is 0 Å². The lowest BCUT2D eigenvalue weighted by Gasteiger charge is -2.26. The summed E-state index contributed by atoms with van der Waals surface area (Å²) in [5.74, 6) is 0. The lowest BCUT2D eigenvalue weighted by atomic mass is 10.1. The van der Waals surface area contributed by atoms with E-state index in [9.17, 15) is 9.18 Å². The first-order valence-electron chi connectivity index (χ1n) is 3.36. The van der Waals surface area contributed by atoms with Gasteiger partial charge in [-0.05, 0) is 22.6 Å². The normalized spacial score (nSPS) is 22.9. The van der Waals surface area contributed by atoms with Crippen molar-refractivity contribution in [3.05, 3.63) is 0 Å². The molecule has 0 aliphatic carbocycles. The second-order valence-electron chi connectivity index (χ2n) is 2.48. The van der Waals surface area contributed by atoms with Crippen molar-refractivity contribution in [2.75, 3.05) is 6.61 Å². The molecule has 0 aromatic carbocycles. The van der Waals surface area contributed by atoms with Gasteiger partial charge in [0.1, 0.15) is 18.3 Å². The molecule has 0 aromatic heterocycles. The number of hydrogen-bond acceptors (Lipinski definition) is 5. The number of aldehydes is 1. The molecule has 0 unspecified atom stereocenters. The van der Waals surface area contributed by atoms with Crippen LogP contribution in [0, 0.1) is 0 Å². The number of aliphatic hydroxyl groups is 4. The van der Waals surface area contributed by atoms with E-state index >= 15 is 0 Å². The average molecular weight is 308 g/mol. The Kier molecular flexibility index (Phi) is 5.22. The Balaban J connectivity index is 4.40. The predicted octanol–water partition coefficient (Wildman–Crippen LogP) is -1.64. The number of halogens is 2. The number of carbonyl (C=O) groups excluding carboxylic acids is 1. The molecule has 0 radical (unpaired) electrons. The lowest BCUT2D eigenvalue weighted by Crippen LogP contribution is -2.49. The molecule has 0 fully saturated rings. The van der Waals surface area contributed by atoms with Gasteiger partial charge in [-0.3, -0.25) is 4.79 Å². The number of hydrogen-bond donors (Lipinski definition) is 4. The van der Waals surface area contributed by atoms with Crippen molar-refractivity contribution in [2.24, 2.45) is 0 Å². The Morgan fingerprint density at radius 2 is 1.92 bits per heavy atom. The van der Waals surface area contributed by atoms with Crippen LogP contribution in [-0.4, -0.2) is 55.3 Å². The van der Waals surface area contributed by atoms with Gasteiger partial charge >= 0.3 is 0 Å². The first kappa shape index (κ1) is 13.2. The summed E-state index contributed by atoms with van der Waals surface area (Å²) in [6, 6.07) is 0. The summed E-state index contributed by atoms with van der Waals surface area (Å²) in [5.41, 5.74) is 0. The first-order chi connectivity index (χ1) is 5.86. The van der Waals surface area contributed by atoms with Gasteiger partial charge in [0, 0.05) is 0 Å². The van der Waals surface area contributed by atoms with Crippen molar-refractivity contribution < 1.29 is 29.6 Å². The molecule has 0 aliphatic rings. The van der Waals surface area contributed by atoms with Crippen LogP contribution in [0.3, 0.4) is 0 Å². The van der Waals surface area contributed by atoms with Crippen LogP contribution >= 0.6 is 22.6 Å². The Hall–Kier alpha value is 0.170. The summed E-state index contributed by atoms with van der Waals surface area (Å²) < 4.78 is 10.3. The molecule has 5 nitrogen and oxygen atoms in total. The lowest BCUT2D eigenvalue weighted by molar-refractivity contribution is -0.129. The largest absolute Gasteiger partial charge is 0.394 e. The number of alkyl halides is 2. The van der Waals surface area contributed by atoms with Crippen LogP contribution in [0.1, 0.15) is 0 Å². The quantitative estimate of drug-likeness (QED) is 0.277. The molecular weight excluding hydrogens is 298 g/mol. The minimum atomic E-state index is -2.67. The van der Waals surface area contributed by atoms with E-state index in [2.05, 4.69) is 0 Å². The molecule has 0 aromatic rings. The van der Waals surface area contributed by atoms with Crippen molar-refractivity contribution in [3.8, 4) is 0 Å². The van der Waals surface area contributed by atoms with Crippen molar-refractivity contribution >= 4 is 28.9 Å². The third kappa shape index (κ3) is 3.43. The van der Waals surface area contributed by atoms with E-state index in [4.69, 9.17) is 20.4 Å². The molecule has 4 N–H and O–H groups in total. The molecule has 0 bridgehead atoms. The maximum Gasteiger partial charge on any atom is 0.243 e. The molecule has 0 rings (SSSR count). The van der Waals surface area contributed by atoms with Gasteiger partial charge in [-0.15, -0.1) is 0 Å². The smallest absolute Gasteiger partial charge is 0.243 e. The molecule has 0 heterocycles. The summed E-state index contributed by atoms with van der Waals surface area (Å²) in [7, 11) is 0. The molecule has 0 saturated heterocycles. The van der Waals surface area contributed by atoms with Crippen molar-refractivity contribution in [2.45, 2.75) is 22.0 Å². The SMILES string of the molecule is O=C[C@](F)(I)[C@@H](O)[C@H](O)[C@H](O)CO. The van der Waals surface area contributed by atoms with Gasteiger partial charge < -0.3 is 20.4 Å². The van der Waals surface area contributed by atoms with E-state index in [1.807, 2.05) is 0 Å². The molecule has 7 heteroatoms. The van der Waals surface area contributed by atoms with Gasteiger partial charge in [-0.1, -0.05) is 0 Å². The molecule has 13 heavy (non-hydrogen) atoms. The molecular formula is C6H10FIO5. The highest BCUT2D eigenvalue weighted by Crippen LogP contribution is 2.25. The van der Waals surface area contributed by atoms with Crippen LogP contribution in [0.4, 0.5) is 4.39 Å². The van der Waals surface area contributed by atoms with Crippen LogP contribution in [0.15, 0.2) is 0 Å². The number of aliphatic hydroxyl groups excluding tert-OH is 4. The van der Waals surface area contributed by atoms with Crippen molar-refractivity contribution in [1.29, 1.82) is 0 Å². The monoisotopic (exact) mass is 308 g/mol. The zero-order valence-electron chi connectivity index (χ0n) is 6.47. The fourth-order valence-electron chi connectivity index (χ4n) is 0.616. The standard InChI is InChI=1S/C6H10FIO5/c7-6(8,2-10)5(13)4(12)3(11)1-9/h2-5,9,11-13H,1H2/t3-,4-,5+,6+/m1/s1. The van der Waals surface area contributed by atoms with Gasteiger partial charge in [0.05, 0.1) is 6.61 Å². The summed E-state index contributed by atoms with van der Waals surface area (Å²) in [6.07, 6.45) is -5.85. The van der Waals surface area contributed by atoms with Gasteiger partial charge in [0.25, 0.3) is 0 Å². The Labute approximate surface area is 87.3 Å². The van der Waals surface area contributed by atoms with Crippen LogP contribution in [-0.2, 0) is 4.79 Å². The Morgan fingerprint density at radius 1 is 1.46 bits per heavy atom. The highest BCUT2D eigenvalue weighted by Gasteiger charge is 2.42. The van der Waals surface area contributed by atoms with Gasteiger partial charge in [-0.25, -0.2) is 4.39 Å². The first-order valence-corrected chi connectivity index (χ1v) is 4.44. The molecule has 0 amide bonds. The van der Waals surface area contributed by atoms with E-state index in [1.165, 1.54) is 0 Å².